The number of nitrogens with one attached hydrogen (secondary N) is 2. The van der Waals surface area contributed by atoms with Gasteiger partial charge in [0, 0.05) is 63.1 Å². The number of rotatable bonds is 8. The van der Waals surface area contributed by atoms with Crippen molar-refractivity contribution in [2.24, 2.45) is 0 Å². The summed E-state index contributed by atoms with van der Waals surface area (Å²) in [6.45, 7) is 6.95. The number of hydrogen-bond acceptors (Lipinski definition) is 7. The molecule has 5 rings (SSSR count). The van der Waals surface area contributed by atoms with Crippen LogP contribution in [-0.4, -0.2) is 89.0 Å². The van der Waals surface area contributed by atoms with Gasteiger partial charge in [-0.05, 0) is 49.4 Å². The van der Waals surface area contributed by atoms with E-state index in [1.54, 1.807) is 12.0 Å². The number of benzene rings is 2. The third kappa shape index (κ3) is 6.19. The van der Waals surface area contributed by atoms with Gasteiger partial charge in [0.2, 0.25) is 5.91 Å². The first-order valence-corrected chi connectivity index (χ1v) is 12.9. The molecule has 2 aromatic rings. The maximum atomic E-state index is 12.6. The maximum Gasteiger partial charge on any atom is 0.315 e. The van der Waals surface area contributed by atoms with Gasteiger partial charge in [-0.3, -0.25) is 9.69 Å². The topological polar surface area (TPSA) is 95.6 Å². The van der Waals surface area contributed by atoms with E-state index in [1.165, 1.54) is 5.69 Å². The fourth-order valence-electron chi connectivity index (χ4n) is 5.02. The van der Waals surface area contributed by atoms with Crippen molar-refractivity contribution in [3.63, 3.8) is 0 Å². The maximum absolute atomic E-state index is 12.6. The van der Waals surface area contributed by atoms with E-state index < -0.39 is 0 Å². The summed E-state index contributed by atoms with van der Waals surface area (Å²) in [6, 6.07) is 13.2. The fraction of sp³-hybridized carbons (Fsp3) is 0.481. The molecule has 2 N–H and O–H groups in total. The number of carbonyl (C=O) groups is 2. The standard InChI is InChI=1S/C27H35N5O5/c1-35-23-6-3-21(4-7-23)31-13-11-30(12-14-31)10-2-9-28-27(34)29-20-17-26(33)32(19-20)22-5-8-24-25(18-22)37-16-15-36-24/h3-8,18,20H,2,9-17,19H2,1H3,(H2,28,29,34)/t20-/m0/s1. The molecule has 10 heteroatoms. The van der Waals surface area contributed by atoms with Gasteiger partial charge in [-0.1, -0.05) is 0 Å². The minimum absolute atomic E-state index is 0.0178. The zero-order valence-corrected chi connectivity index (χ0v) is 21.3. The molecule has 2 saturated heterocycles. The number of ether oxygens (including phenoxy) is 3. The molecule has 198 valence electrons. The molecule has 0 unspecified atom stereocenters. The monoisotopic (exact) mass is 509 g/mol. The summed E-state index contributed by atoms with van der Waals surface area (Å²) < 4.78 is 16.4. The van der Waals surface area contributed by atoms with Crippen LogP contribution in [0.1, 0.15) is 12.8 Å². The third-order valence-electron chi connectivity index (χ3n) is 7.04. The Bertz CT molecular complexity index is 1090. The molecule has 1 atom stereocenters. The van der Waals surface area contributed by atoms with Crippen LogP contribution >= 0.6 is 0 Å². The summed E-state index contributed by atoms with van der Waals surface area (Å²) >= 11 is 0. The normalized spacial score (nSPS) is 19.6. The summed E-state index contributed by atoms with van der Waals surface area (Å²) in [4.78, 5) is 31.5. The Morgan fingerprint density at radius 3 is 2.49 bits per heavy atom. The highest BCUT2D eigenvalue weighted by Gasteiger charge is 2.32. The molecule has 2 fully saturated rings. The number of hydrogen-bond donors (Lipinski definition) is 2. The van der Waals surface area contributed by atoms with Gasteiger partial charge in [0.25, 0.3) is 0 Å². The molecule has 2 aromatic carbocycles. The Morgan fingerprint density at radius 1 is 1.00 bits per heavy atom. The largest absolute Gasteiger partial charge is 0.497 e. The minimum atomic E-state index is -0.230. The summed E-state index contributed by atoms with van der Waals surface area (Å²) in [5.74, 6) is 2.19. The molecule has 37 heavy (non-hydrogen) atoms. The van der Waals surface area contributed by atoms with Crippen LogP contribution in [0.25, 0.3) is 0 Å². The number of urea groups is 1. The molecule has 0 aliphatic carbocycles. The molecule has 10 nitrogen and oxygen atoms in total. The predicted octanol–water partition coefficient (Wildman–Crippen LogP) is 2.08. The molecule has 0 saturated carbocycles. The van der Waals surface area contributed by atoms with Gasteiger partial charge in [0.1, 0.15) is 19.0 Å². The number of anilines is 2. The van der Waals surface area contributed by atoms with E-state index in [0.717, 1.165) is 50.6 Å². The molecular weight excluding hydrogens is 474 g/mol. The van der Waals surface area contributed by atoms with Crippen molar-refractivity contribution in [1.29, 1.82) is 0 Å². The van der Waals surface area contributed by atoms with Crippen LogP contribution in [0.4, 0.5) is 16.2 Å². The van der Waals surface area contributed by atoms with Gasteiger partial charge in [-0.2, -0.15) is 0 Å². The summed E-state index contributed by atoms with van der Waals surface area (Å²) in [7, 11) is 1.68. The van der Waals surface area contributed by atoms with Gasteiger partial charge in [-0.25, -0.2) is 4.79 Å². The van der Waals surface area contributed by atoms with E-state index in [-0.39, 0.29) is 24.4 Å². The molecular formula is C27H35N5O5. The summed E-state index contributed by atoms with van der Waals surface area (Å²) in [5.41, 5.74) is 1.97. The third-order valence-corrected chi connectivity index (χ3v) is 7.04. The zero-order chi connectivity index (χ0) is 25.6. The number of piperazine rings is 1. The van der Waals surface area contributed by atoms with E-state index in [9.17, 15) is 9.59 Å². The highest BCUT2D eigenvalue weighted by Crippen LogP contribution is 2.35. The van der Waals surface area contributed by atoms with Crippen molar-refractivity contribution in [3.8, 4) is 17.2 Å². The van der Waals surface area contributed by atoms with Crippen LogP contribution < -0.4 is 34.6 Å². The predicted molar refractivity (Wildman–Crippen MR) is 141 cm³/mol. The Labute approximate surface area is 217 Å². The number of amides is 3. The molecule has 3 aliphatic rings. The minimum Gasteiger partial charge on any atom is -0.497 e. The molecule has 3 aliphatic heterocycles. The van der Waals surface area contributed by atoms with Gasteiger partial charge in [0.05, 0.1) is 13.2 Å². The van der Waals surface area contributed by atoms with E-state index in [0.29, 0.717) is 37.8 Å². The smallest absolute Gasteiger partial charge is 0.315 e. The SMILES string of the molecule is COc1ccc(N2CCN(CCCNC(=O)N[C@H]3CC(=O)N(c4ccc5c(c4)OCCO5)C3)CC2)cc1. The second-order valence-electron chi connectivity index (χ2n) is 9.51. The van der Waals surface area contributed by atoms with Gasteiger partial charge in [0.15, 0.2) is 11.5 Å². The Morgan fingerprint density at radius 2 is 1.73 bits per heavy atom. The quantitative estimate of drug-likeness (QED) is 0.526. The number of methoxy groups -OCH3 is 1. The Balaban J connectivity index is 0.990. The van der Waals surface area contributed by atoms with Crippen LogP contribution in [-0.2, 0) is 4.79 Å². The van der Waals surface area contributed by atoms with Crippen LogP contribution in [0, 0.1) is 0 Å². The average Bonchev–Trinajstić information content (AvgIpc) is 3.30. The van der Waals surface area contributed by atoms with Crippen molar-refractivity contribution in [3.05, 3.63) is 42.5 Å². The van der Waals surface area contributed by atoms with Crippen LogP contribution in [0.15, 0.2) is 42.5 Å². The molecule has 0 aromatic heterocycles. The average molecular weight is 510 g/mol. The first-order chi connectivity index (χ1) is 18.1. The van der Waals surface area contributed by atoms with Crippen molar-refractivity contribution < 1.29 is 23.8 Å². The second kappa shape index (κ2) is 11.6. The second-order valence-corrected chi connectivity index (χ2v) is 9.51. The van der Waals surface area contributed by atoms with Crippen LogP contribution in [0.3, 0.4) is 0 Å². The highest BCUT2D eigenvalue weighted by molar-refractivity contribution is 5.97. The number of fused-ring (bicyclic) bond motifs is 1. The van der Waals surface area contributed by atoms with Crippen molar-refractivity contribution >= 4 is 23.3 Å². The summed E-state index contributed by atoms with van der Waals surface area (Å²) in [5, 5.41) is 5.88. The Kier molecular flexibility index (Phi) is 7.84. The van der Waals surface area contributed by atoms with Crippen molar-refractivity contribution in [1.82, 2.24) is 15.5 Å². The first kappa shape index (κ1) is 25.0. The summed E-state index contributed by atoms with van der Waals surface area (Å²) in [6.07, 6.45) is 1.16. The van der Waals surface area contributed by atoms with E-state index in [2.05, 4.69) is 32.6 Å². The van der Waals surface area contributed by atoms with Crippen LogP contribution in [0.5, 0.6) is 17.2 Å². The number of carbonyl (C=O) groups excluding carboxylic acids is 2. The lowest BCUT2D eigenvalue weighted by Crippen LogP contribution is -2.47. The molecule has 3 heterocycles. The molecule has 3 amide bonds. The highest BCUT2D eigenvalue weighted by atomic mass is 16.6. The van der Waals surface area contributed by atoms with E-state index >= 15 is 0 Å². The van der Waals surface area contributed by atoms with E-state index in [1.807, 2.05) is 30.3 Å². The van der Waals surface area contributed by atoms with Gasteiger partial charge in [-0.15, -0.1) is 0 Å². The van der Waals surface area contributed by atoms with Crippen LogP contribution in [0.2, 0.25) is 0 Å². The van der Waals surface area contributed by atoms with Gasteiger partial charge < -0.3 is 34.6 Å². The molecule has 0 radical (unpaired) electrons. The lowest BCUT2D eigenvalue weighted by molar-refractivity contribution is -0.117. The van der Waals surface area contributed by atoms with Crippen molar-refractivity contribution in [2.45, 2.75) is 18.9 Å². The zero-order valence-electron chi connectivity index (χ0n) is 21.3. The van der Waals surface area contributed by atoms with Gasteiger partial charge >= 0.3 is 6.03 Å². The van der Waals surface area contributed by atoms with E-state index in [4.69, 9.17) is 14.2 Å². The Hall–Kier alpha value is -3.66. The molecule has 0 bridgehead atoms. The first-order valence-electron chi connectivity index (χ1n) is 12.9. The lowest BCUT2D eigenvalue weighted by Gasteiger charge is -2.36. The fourth-order valence-corrected chi connectivity index (χ4v) is 5.02. The lowest BCUT2D eigenvalue weighted by atomic mass is 10.2. The van der Waals surface area contributed by atoms with Crippen molar-refractivity contribution in [2.75, 3.05) is 75.9 Å². The number of nitrogens with zero attached hydrogens (tertiary/aromatic N) is 3. The molecule has 0 spiro atoms.